The first kappa shape index (κ1) is 16.0. The lowest BCUT2D eigenvalue weighted by Gasteiger charge is -2.36. The molecule has 1 aromatic carbocycles. The molecular formula is C16H25BrN2O. The van der Waals surface area contributed by atoms with E-state index >= 15 is 0 Å². The Morgan fingerprint density at radius 1 is 1.40 bits per heavy atom. The second kappa shape index (κ2) is 8.13. The third-order valence-electron chi connectivity index (χ3n) is 4.22. The molecule has 0 radical (unpaired) electrons. The molecule has 3 N–H and O–H groups in total. The van der Waals surface area contributed by atoms with Crippen molar-refractivity contribution in [2.45, 2.75) is 44.2 Å². The van der Waals surface area contributed by atoms with Crippen LogP contribution in [0.15, 0.2) is 28.7 Å². The largest absolute Gasteiger partial charge is 0.396 e. The van der Waals surface area contributed by atoms with Gasteiger partial charge in [-0.05, 0) is 49.9 Å². The normalized spacial score (nSPS) is 21.9. The molecule has 112 valence electrons. The summed E-state index contributed by atoms with van der Waals surface area (Å²) in [5.74, 6) is 0. The molecule has 0 bridgehead atoms. The molecule has 1 aliphatic rings. The highest BCUT2D eigenvalue weighted by molar-refractivity contribution is 9.10. The van der Waals surface area contributed by atoms with Gasteiger partial charge >= 0.3 is 0 Å². The van der Waals surface area contributed by atoms with Crippen molar-refractivity contribution in [1.82, 2.24) is 4.90 Å². The molecule has 2 unspecified atom stereocenters. The number of nitrogens with two attached hydrogens (primary N) is 1. The number of likely N-dealkylation sites (tertiary alicyclic amines) is 1. The van der Waals surface area contributed by atoms with Crippen molar-refractivity contribution in [1.29, 1.82) is 0 Å². The van der Waals surface area contributed by atoms with E-state index in [2.05, 4.69) is 33.0 Å². The predicted molar refractivity (Wildman–Crippen MR) is 86.6 cm³/mol. The fraction of sp³-hybridized carbons (Fsp3) is 0.625. The lowest BCUT2D eigenvalue weighted by molar-refractivity contribution is 0.116. The average Bonchev–Trinajstić information content (AvgIpc) is 2.46. The highest BCUT2D eigenvalue weighted by Gasteiger charge is 2.22. The zero-order chi connectivity index (χ0) is 14.4. The average molecular weight is 341 g/mol. The first-order valence-electron chi connectivity index (χ1n) is 7.56. The smallest absolute Gasteiger partial charge is 0.0445 e. The number of nitrogens with zero attached hydrogens (tertiary/aromatic N) is 1. The van der Waals surface area contributed by atoms with E-state index in [1.165, 1.54) is 24.8 Å². The lowest BCUT2D eigenvalue weighted by Crippen LogP contribution is -2.41. The Hall–Kier alpha value is -0.420. The van der Waals surface area contributed by atoms with Crippen LogP contribution in [0.5, 0.6) is 0 Å². The SMILES string of the molecule is NC(CCN1CCCCC1CCO)c1cccc(Br)c1. The van der Waals surface area contributed by atoms with Crippen LogP contribution < -0.4 is 5.73 Å². The molecule has 1 saturated heterocycles. The van der Waals surface area contributed by atoms with Gasteiger partial charge in [-0.1, -0.05) is 34.5 Å². The molecule has 1 aromatic rings. The molecule has 1 heterocycles. The van der Waals surface area contributed by atoms with E-state index < -0.39 is 0 Å². The van der Waals surface area contributed by atoms with E-state index in [-0.39, 0.29) is 6.04 Å². The van der Waals surface area contributed by atoms with Gasteiger partial charge in [0.15, 0.2) is 0 Å². The minimum Gasteiger partial charge on any atom is -0.396 e. The number of hydrogen-bond acceptors (Lipinski definition) is 3. The van der Waals surface area contributed by atoms with Crippen molar-refractivity contribution < 1.29 is 5.11 Å². The zero-order valence-electron chi connectivity index (χ0n) is 12.0. The third-order valence-corrected chi connectivity index (χ3v) is 4.71. The summed E-state index contributed by atoms with van der Waals surface area (Å²) in [5.41, 5.74) is 7.49. The third kappa shape index (κ3) is 4.55. The molecule has 2 rings (SSSR count). The maximum absolute atomic E-state index is 9.17. The fourth-order valence-corrected chi connectivity index (χ4v) is 3.46. The van der Waals surface area contributed by atoms with Crippen LogP contribution in [0.25, 0.3) is 0 Å². The zero-order valence-corrected chi connectivity index (χ0v) is 13.6. The van der Waals surface area contributed by atoms with Gasteiger partial charge < -0.3 is 15.7 Å². The summed E-state index contributed by atoms with van der Waals surface area (Å²) in [6.45, 7) is 2.47. The number of hydrogen-bond donors (Lipinski definition) is 2. The van der Waals surface area contributed by atoms with Crippen molar-refractivity contribution in [3.8, 4) is 0 Å². The van der Waals surface area contributed by atoms with E-state index in [0.717, 1.165) is 30.4 Å². The van der Waals surface area contributed by atoms with Gasteiger partial charge in [0, 0.05) is 29.7 Å². The number of halogens is 1. The van der Waals surface area contributed by atoms with E-state index in [1.54, 1.807) is 0 Å². The maximum Gasteiger partial charge on any atom is 0.0445 e. The summed E-state index contributed by atoms with van der Waals surface area (Å²) in [5, 5.41) is 9.17. The maximum atomic E-state index is 9.17. The molecule has 0 aromatic heterocycles. The lowest BCUT2D eigenvalue weighted by atomic mass is 9.98. The quantitative estimate of drug-likeness (QED) is 0.836. The standard InChI is InChI=1S/C16H25BrN2O/c17-14-5-3-4-13(12-14)16(18)7-10-19-9-2-1-6-15(19)8-11-20/h3-5,12,15-16,20H,1-2,6-11,18H2. The molecule has 1 fully saturated rings. The molecule has 1 aliphatic heterocycles. The van der Waals surface area contributed by atoms with Crippen LogP contribution in [0.3, 0.4) is 0 Å². The van der Waals surface area contributed by atoms with Crippen molar-refractivity contribution in [3.63, 3.8) is 0 Å². The molecular weight excluding hydrogens is 316 g/mol. The van der Waals surface area contributed by atoms with Gasteiger partial charge in [0.05, 0.1) is 0 Å². The van der Waals surface area contributed by atoms with Crippen molar-refractivity contribution in [3.05, 3.63) is 34.3 Å². The Bertz CT molecular complexity index is 411. The Kier molecular flexibility index (Phi) is 6.49. The topological polar surface area (TPSA) is 49.5 Å². The summed E-state index contributed by atoms with van der Waals surface area (Å²) >= 11 is 3.49. The minimum absolute atomic E-state index is 0.0872. The highest BCUT2D eigenvalue weighted by Crippen LogP contribution is 2.23. The number of aliphatic hydroxyl groups excluding tert-OH is 1. The van der Waals surface area contributed by atoms with Crippen LogP contribution in [0.4, 0.5) is 0 Å². The first-order chi connectivity index (χ1) is 9.70. The van der Waals surface area contributed by atoms with Gasteiger partial charge in [-0.15, -0.1) is 0 Å². The second-order valence-corrected chi connectivity index (χ2v) is 6.56. The van der Waals surface area contributed by atoms with Gasteiger partial charge in [0.2, 0.25) is 0 Å². The summed E-state index contributed by atoms with van der Waals surface area (Å²) in [7, 11) is 0. The number of rotatable bonds is 6. The van der Waals surface area contributed by atoms with Crippen LogP contribution >= 0.6 is 15.9 Å². The van der Waals surface area contributed by atoms with Crippen molar-refractivity contribution >= 4 is 15.9 Å². The Morgan fingerprint density at radius 2 is 2.25 bits per heavy atom. The first-order valence-corrected chi connectivity index (χ1v) is 8.36. The molecule has 3 nitrogen and oxygen atoms in total. The van der Waals surface area contributed by atoms with E-state index in [1.807, 2.05) is 12.1 Å². The molecule has 0 saturated carbocycles. The minimum atomic E-state index is 0.0872. The van der Waals surface area contributed by atoms with Gasteiger partial charge in [-0.25, -0.2) is 0 Å². The van der Waals surface area contributed by atoms with E-state index in [9.17, 15) is 0 Å². The van der Waals surface area contributed by atoms with Crippen LogP contribution in [-0.2, 0) is 0 Å². The summed E-state index contributed by atoms with van der Waals surface area (Å²) in [6.07, 6.45) is 5.64. The van der Waals surface area contributed by atoms with Crippen LogP contribution in [-0.4, -0.2) is 35.7 Å². The van der Waals surface area contributed by atoms with Crippen LogP contribution in [0.2, 0.25) is 0 Å². The summed E-state index contributed by atoms with van der Waals surface area (Å²) in [6, 6.07) is 8.89. The summed E-state index contributed by atoms with van der Waals surface area (Å²) < 4.78 is 1.08. The van der Waals surface area contributed by atoms with Crippen LogP contribution in [0.1, 0.15) is 43.7 Å². The highest BCUT2D eigenvalue weighted by atomic mass is 79.9. The molecule has 0 aliphatic carbocycles. The van der Waals surface area contributed by atoms with Gasteiger partial charge in [-0.2, -0.15) is 0 Å². The molecule has 0 amide bonds. The second-order valence-electron chi connectivity index (χ2n) is 5.65. The van der Waals surface area contributed by atoms with Gasteiger partial charge in [0.25, 0.3) is 0 Å². The Labute approximate surface area is 130 Å². The van der Waals surface area contributed by atoms with Gasteiger partial charge in [-0.3, -0.25) is 0 Å². The van der Waals surface area contributed by atoms with E-state index in [4.69, 9.17) is 10.8 Å². The van der Waals surface area contributed by atoms with Crippen molar-refractivity contribution in [2.75, 3.05) is 19.7 Å². The van der Waals surface area contributed by atoms with Crippen molar-refractivity contribution in [2.24, 2.45) is 5.73 Å². The van der Waals surface area contributed by atoms with E-state index in [0.29, 0.717) is 12.6 Å². The Morgan fingerprint density at radius 3 is 3.00 bits per heavy atom. The summed E-state index contributed by atoms with van der Waals surface area (Å²) in [4.78, 5) is 2.51. The van der Waals surface area contributed by atoms with Gasteiger partial charge in [0.1, 0.15) is 0 Å². The molecule has 20 heavy (non-hydrogen) atoms. The predicted octanol–water partition coefficient (Wildman–Crippen LogP) is 3.08. The number of aliphatic hydroxyl groups is 1. The number of benzene rings is 1. The monoisotopic (exact) mass is 340 g/mol. The molecule has 0 spiro atoms. The molecule has 2 atom stereocenters. The van der Waals surface area contributed by atoms with Crippen LogP contribution in [0, 0.1) is 0 Å². The molecule has 4 heteroatoms. The fourth-order valence-electron chi connectivity index (χ4n) is 3.04. The number of piperidine rings is 1. The Balaban J connectivity index is 1.86.